The van der Waals surface area contributed by atoms with Gasteiger partial charge in [0.25, 0.3) is 0 Å². The molecule has 6 heteroatoms. The lowest BCUT2D eigenvalue weighted by atomic mass is 9.72. The molecule has 0 N–H and O–H groups in total. The van der Waals surface area contributed by atoms with Crippen molar-refractivity contribution in [3.8, 4) is 0 Å². The van der Waals surface area contributed by atoms with E-state index in [1.807, 2.05) is 48.5 Å². The van der Waals surface area contributed by atoms with Crippen molar-refractivity contribution in [2.75, 3.05) is 13.1 Å². The van der Waals surface area contributed by atoms with Gasteiger partial charge in [0.1, 0.15) is 17.3 Å². The lowest BCUT2D eigenvalue weighted by Crippen LogP contribution is -2.53. The first-order valence-corrected chi connectivity index (χ1v) is 11.3. The highest BCUT2D eigenvalue weighted by Gasteiger charge is 2.45. The van der Waals surface area contributed by atoms with Crippen LogP contribution in [0.15, 0.2) is 66.7 Å². The van der Waals surface area contributed by atoms with E-state index in [4.69, 9.17) is 23.2 Å². The topological polar surface area (TPSA) is 3.24 Å². The number of hydrogen-bond acceptors (Lipinski definition) is 1. The summed E-state index contributed by atoms with van der Waals surface area (Å²) in [4.78, 5) is 2.24. The van der Waals surface area contributed by atoms with E-state index < -0.39 is 23.2 Å². The fraction of sp³-hybridized carbons (Fsp3) is 0.308. The molecule has 1 saturated heterocycles. The van der Waals surface area contributed by atoms with Crippen molar-refractivity contribution in [3.63, 3.8) is 0 Å². The first-order chi connectivity index (χ1) is 15.1. The van der Waals surface area contributed by atoms with Crippen molar-refractivity contribution in [1.82, 2.24) is 4.90 Å². The van der Waals surface area contributed by atoms with Gasteiger partial charge in [-0.2, -0.15) is 0 Å². The summed E-state index contributed by atoms with van der Waals surface area (Å²) in [6.07, 6.45) is 0. The van der Waals surface area contributed by atoms with E-state index in [-0.39, 0.29) is 12.0 Å². The number of halogens is 5. The summed E-state index contributed by atoms with van der Waals surface area (Å²) in [6, 6.07) is 18.5. The maximum absolute atomic E-state index is 15.2. The summed E-state index contributed by atoms with van der Waals surface area (Å²) in [5, 5.41) is 1.30. The van der Waals surface area contributed by atoms with E-state index in [0.717, 1.165) is 17.2 Å². The Morgan fingerprint density at radius 3 is 1.62 bits per heavy atom. The second-order valence-electron chi connectivity index (χ2n) is 8.96. The molecular formula is C26H24Cl2F3N. The maximum Gasteiger partial charge on any atom is 0.126 e. The molecule has 1 aliphatic rings. The molecule has 0 bridgehead atoms. The molecule has 168 valence electrons. The zero-order chi connectivity index (χ0) is 23.0. The van der Waals surface area contributed by atoms with Gasteiger partial charge in [0, 0.05) is 35.1 Å². The number of hydrogen-bond donors (Lipinski definition) is 0. The minimum absolute atomic E-state index is 0.0617. The molecule has 0 amide bonds. The van der Waals surface area contributed by atoms with Crippen LogP contribution in [-0.4, -0.2) is 23.7 Å². The highest BCUT2D eigenvalue weighted by molar-refractivity contribution is 6.30. The molecule has 0 radical (unpaired) electrons. The van der Waals surface area contributed by atoms with Crippen molar-refractivity contribution >= 4 is 23.2 Å². The number of likely N-dealkylation sites (tertiary alicyclic amines) is 1. The van der Waals surface area contributed by atoms with Gasteiger partial charge in [-0.1, -0.05) is 47.5 Å². The third-order valence-electron chi connectivity index (χ3n) is 6.13. The van der Waals surface area contributed by atoms with Crippen LogP contribution in [0, 0.1) is 17.6 Å². The Kier molecular flexibility index (Phi) is 6.58. The van der Waals surface area contributed by atoms with Crippen molar-refractivity contribution in [1.29, 1.82) is 0 Å². The van der Waals surface area contributed by atoms with Gasteiger partial charge in [-0.3, -0.25) is 4.90 Å². The van der Waals surface area contributed by atoms with Gasteiger partial charge in [0.05, 0.1) is 6.04 Å². The van der Waals surface area contributed by atoms with E-state index in [2.05, 4.69) is 4.90 Å². The molecule has 1 nitrogen and oxygen atoms in total. The van der Waals surface area contributed by atoms with E-state index in [1.165, 1.54) is 26.0 Å². The minimum atomic E-state index is -1.63. The Balaban J connectivity index is 1.63. The summed E-state index contributed by atoms with van der Waals surface area (Å²) in [5.74, 6) is -2.09. The Morgan fingerprint density at radius 2 is 1.22 bits per heavy atom. The molecule has 32 heavy (non-hydrogen) atoms. The quantitative estimate of drug-likeness (QED) is 0.349. The monoisotopic (exact) mass is 477 g/mol. The summed E-state index contributed by atoms with van der Waals surface area (Å²) in [5.41, 5.74) is 0.841. The SMILES string of the molecule is CC(C)(F)C(c1cc(F)cc(F)c1)C1CN(C(c2ccc(Cl)cc2)c2ccc(Cl)cc2)C1. The zero-order valence-electron chi connectivity index (χ0n) is 17.8. The van der Waals surface area contributed by atoms with Crippen LogP contribution >= 0.6 is 23.2 Å². The highest BCUT2D eigenvalue weighted by atomic mass is 35.5. The standard InChI is InChI=1S/C26H24Cl2F3N/c1-26(2,31)24(18-11-22(29)13-23(30)12-18)19-14-32(15-19)25(16-3-7-20(27)8-4-16)17-5-9-21(28)10-6-17/h3-13,19,24-25H,14-15H2,1-2H3. The lowest BCUT2D eigenvalue weighted by molar-refractivity contribution is 0.00805. The predicted molar refractivity (Wildman–Crippen MR) is 124 cm³/mol. The minimum Gasteiger partial charge on any atom is -0.292 e. The fourth-order valence-electron chi connectivity index (χ4n) is 4.86. The predicted octanol–water partition coefficient (Wildman–Crippen LogP) is 7.82. The maximum atomic E-state index is 15.2. The molecule has 1 unspecified atom stereocenters. The molecule has 4 rings (SSSR count). The summed E-state index contributed by atoms with van der Waals surface area (Å²) in [7, 11) is 0. The largest absolute Gasteiger partial charge is 0.292 e. The van der Waals surface area contributed by atoms with Gasteiger partial charge in [-0.25, -0.2) is 13.2 Å². The third-order valence-corrected chi connectivity index (χ3v) is 6.63. The summed E-state index contributed by atoms with van der Waals surface area (Å²) >= 11 is 12.2. The van der Waals surface area contributed by atoms with Gasteiger partial charge in [0.2, 0.25) is 0 Å². The van der Waals surface area contributed by atoms with Crippen molar-refractivity contribution in [3.05, 3.63) is 105 Å². The molecular weight excluding hydrogens is 454 g/mol. The fourth-order valence-corrected chi connectivity index (χ4v) is 5.11. The Hall–Kier alpha value is -2.01. The van der Waals surface area contributed by atoms with Gasteiger partial charge in [0.15, 0.2) is 0 Å². The Morgan fingerprint density at radius 1 is 0.781 bits per heavy atom. The van der Waals surface area contributed by atoms with Gasteiger partial charge >= 0.3 is 0 Å². The van der Waals surface area contributed by atoms with Gasteiger partial charge in [-0.15, -0.1) is 0 Å². The van der Waals surface area contributed by atoms with Crippen LogP contribution in [-0.2, 0) is 0 Å². The highest BCUT2D eigenvalue weighted by Crippen LogP contribution is 2.45. The van der Waals surface area contributed by atoms with E-state index in [1.54, 1.807) is 0 Å². The molecule has 0 spiro atoms. The normalized spacial score (nSPS) is 16.2. The van der Waals surface area contributed by atoms with Crippen LogP contribution in [0.5, 0.6) is 0 Å². The van der Waals surface area contributed by atoms with Crippen LogP contribution in [0.2, 0.25) is 10.0 Å². The van der Waals surface area contributed by atoms with Gasteiger partial charge in [-0.05, 0) is 72.9 Å². The molecule has 3 aromatic rings. The average Bonchev–Trinajstić information content (AvgIpc) is 2.67. The Labute approximate surface area is 196 Å². The van der Waals surface area contributed by atoms with Crippen LogP contribution in [0.3, 0.4) is 0 Å². The molecule has 1 atom stereocenters. The van der Waals surface area contributed by atoms with Crippen molar-refractivity contribution in [2.45, 2.75) is 31.5 Å². The van der Waals surface area contributed by atoms with Crippen LogP contribution in [0.4, 0.5) is 13.2 Å². The molecule has 0 saturated carbocycles. The second kappa shape index (κ2) is 9.09. The lowest BCUT2D eigenvalue weighted by Gasteiger charge is -2.50. The molecule has 0 aliphatic carbocycles. The van der Waals surface area contributed by atoms with Crippen molar-refractivity contribution in [2.24, 2.45) is 5.92 Å². The zero-order valence-corrected chi connectivity index (χ0v) is 19.3. The van der Waals surface area contributed by atoms with Crippen LogP contribution < -0.4 is 0 Å². The average molecular weight is 478 g/mol. The Bertz CT molecular complexity index is 1010. The van der Waals surface area contributed by atoms with Crippen molar-refractivity contribution < 1.29 is 13.2 Å². The van der Waals surface area contributed by atoms with Crippen LogP contribution in [0.25, 0.3) is 0 Å². The number of alkyl halides is 1. The number of benzene rings is 3. The summed E-state index contributed by atoms with van der Waals surface area (Å²) in [6.45, 7) is 4.12. The third kappa shape index (κ3) is 4.98. The first-order valence-electron chi connectivity index (χ1n) is 10.5. The number of rotatable bonds is 6. The molecule has 0 aromatic heterocycles. The van der Waals surface area contributed by atoms with E-state index >= 15 is 4.39 Å². The van der Waals surface area contributed by atoms with E-state index in [9.17, 15) is 8.78 Å². The molecule has 3 aromatic carbocycles. The second-order valence-corrected chi connectivity index (χ2v) is 9.84. The molecule has 1 fully saturated rings. The van der Waals surface area contributed by atoms with Gasteiger partial charge < -0.3 is 0 Å². The van der Waals surface area contributed by atoms with Crippen LogP contribution in [0.1, 0.15) is 42.5 Å². The summed E-state index contributed by atoms with van der Waals surface area (Å²) < 4.78 is 43.0. The number of nitrogens with zero attached hydrogens (tertiary/aromatic N) is 1. The van der Waals surface area contributed by atoms with E-state index in [0.29, 0.717) is 28.7 Å². The molecule has 1 aliphatic heterocycles. The first kappa shape index (κ1) is 23.2. The molecule has 1 heterocycles. The smallest absolute Gasteiger partial charge is 0.126 e.